The van der Waals surface area contributed by atoms with Crippen LogP contribution in [0.4, 0.5) is 0 Å². The molecule has 3 aromatic rings. The maximum atomic E-state index is 11.6. The first-order valence-electron chi connectivity index (χ1n) is 9.15. The quantitative estimate of drug-likeness (QED) is 0.620. The molecule has 0 fully saturated rings. The van der Waals surface area contributed by atoms with Crippen molar-refractivity contribution >= 4 is 5.97 Å². The van der Waals surface area contributed by atoms with Crippen molar-refractivity contribution in [3.8, 4) is 11.9 Å². The Kier molecular flexibility index (Phi) is 5.08. The van der Waals surface area contributed by atoms with Gasteiger partial charge < -0.3 is 15.2 Å². The molecule has 0 aliphatic carbocycles. The fourth-order valence-electron chi connectivity index (χ4n) is 3.35. The molecule has 1 aliphatic heterocycles. The molecule has 2 N–H and O–H groups in total. The summed E-state index contributed by atoms with van der Waals surface area (Å²) in [5.41, 5.74) is 4.54. The van der Waals surface area contributed by atoms with Crippen molar-refractivity contribution in [3.63, 3.8) is 0 Å². The molecule has 4 rings (SSSR count). The first kappa shape index (κ1) is 18.8. The Morgan fingerprint density at radius 2 is 2.21 bits per heavy atom. The van der Waals surface area contributed by atoms with Gasteiger partial charge >= 0.3 is 5.97 Å². The number of aliphatic hydroxyl groups excluding tert-OH is 1. The minimum Gasteiger partial charge on any atom is -0.457 e. The number of hydrogen-bond acceptors (Lipinski definition) is 7. The molecule has 2 aromatic heterocycles. The summed E-state index contributed by atoms with van der Waals surface area (Å²) in [6.07, 6.45) is 4.14. The molecule has 3 heterocycles. The van der Waals surface area contributed by atoms with E-state index >= 15 is 0 Å². The van der Waals surface area contributed by atoms with Gasteiger partial charge in [0.15, 0.2) is 5.82 Å². The molecule has 1 aromatic carbocycles. The van der Waals surface area contributed by atoms with Crippen molar-refractivity contribution in [2.24, 2.45) is 0 Å². The van der Waals surface area contributed by atoms with Crippen LogP contribution in [0.15, 0.2) is 42.9 Å². The van der Waals surface area contributed by atoms with Gasteiger partial charge in [-0.25, -0.2) is 14.5 Å². The van der Waals surface area contributed by atoms with E-state index in [1.54, 1.807) is 29.2 Å². The van der Waals surface area contributed by atoms with Crippen molar-refractivity contribution in [3.05, 3.63) is 76.2 Å². The molecule has 1 aliphatic rings. The highest BCUT2D eigenvalue weighted by Gasteiger charge is 2.25. The maximum Gasteiger partial charge on any atom is 0.338 e. The molecular weight excluding hydrogens is 370 g/mol. The smallest absolute Gasteiger partial charge is 0.338 e. The third-order valence-electron chi connectivity index (χ3n) is 4.99. The lowest BCUT2D eigenvalue weighted by Gasteiger charge is -2.16. The lowest BCUT2D eigenvalue weighted by atomic mass is 9.95. The Bertz CT molecular complexity index is 1100. The number of carbonyl (C=O) groups is 1. The summed E-state index contributed by atoms with van der Waals surface area (Å²) in [6, 6.07) is 9.27. The average molecular weight is 389 g/mol. The van der Waals surface area contributed by atoms with Gasteiger partial charge in [-0.05, 0) is 35.7 Å². The van der Waals surface area contributed by atoms with Crippen LogP contribution in [0.2, 0.25) is 0 Å². The van der Waals surface area contributed by atoms with Gasteiger partial charge in [-0.2, -0.15) is 10.4 Å². The van der Waals surface area contributed by atoms with Crippen LogP contribution >= 0.6 is 0 Å². The Hall–Kier alpha value is -3.54. The Balaban J connectivity index is 1.35. The van der Waals surface area contributed by atoms with Crippen LogP contribution in [0.25, 0.3) is 5.82 Å². The highest BCUT2D eigenvalue weighted by molar-refractivity contribution is 5.93. The van der Waals surface area contributed by atoms with Gasteiger partial charge in [-0.15, -0.1) is 0 Å². The van der Waals surface area contributed by atoms with Gasteiger partial charge in [0.1, 0.15) is 12.7 Å². The molecule has 0 bridgehead atoms. The van der Waals surface area contributed by atoms with Crippen molar-refractivity contribution in [1.82, 2.24) is 20.1 Å². The standard InChI is InChI=1S/C21H19N5O3/c1-13-16(3-4-17-18(13)12-29-21(17)28)19(27)10-23-7-14-2-5-20(24-8-14)26-11-15(6-22)9-25-26/h2-5,8-9,11,19,23,27H,7,10,12H2,1H3/t19-/m0/s1. The zero-order valence-corrected chi connectivity index (χ0v) is 15.8. The number of fused-ring (bicyclic) bond motifs is 1. The zero-order chi connectivity index (χ0) is 20.4. The lowest BCUT2D eigenvalue weighted by Crippen LogP contribution is -2.22. The molecule has 0 spiro atoms. The fourth-order valence-corrected chi connectivity index (χ4v) is 3.35. The van der Waals surface area contributed by atoms with E-state index in [0.717, 1.165) is 22.3 Å². The van der Waals surface area contributed by atoms with Crippen molar-refractivity contribution in [1.29, 1.82) is 5.26 Å². The number of benzene rings is 1. The van der Waals surface area contributed by atoms with Gasteiger partial charge in [0.2, 0.25) is 0 Å². The van der Waals surface area contributed by atoms with E-state index in [0.29, 0.717) is 30.0 Å². The van der Waals surface area contributed by atoms with Crippen molar-refractivity contribution < 1.29 is 14.6 Å². The summed E-state index contributed by atoms with van der Waals surface area (Å²) in [6.45, 7) is 3.06. The van der Waals surface area contributed by atoms with Crippen LogP contribution in [0.1, 0.15) is 44.3 Å². The van der Waals surface area contributed by atoms with E-state index in [2.05, 4.69) is 15.4 Å². The Labute approximate surface area is 167 Å². The highest BCUT2D eigenvalue weighted by Crippen LogP contribution is 2.28. The minimum absolute atomic E-state index is 0.262. The molecule has 0 saturated heterocycles. The SMILES string of the molecule is Cc1c([C@@H](O)CNCc2ccc(-n3cc(C#N)cn3)nc2)ccc2c1COC2=O. The number of ether oxygens (including phenoxy) is 1. The van der Waals surface area contributed by atoms with E-state index in [9.17, 15) is 9.90 Å². The number of esters is 1. The monoisotopic (exact) mass is 389 g/mol. The van der Waals surface area contributed by atoms with Crippen LogP contribution in [-0.4, -0.2) is 32.4 Å². The second-order valence-corrected chi connectivity index (χ2v) is 6.84. The van der Waals surface area contributed by atoms with Crippen LogP contribution in [0.3, 0.4) is 0 Å². The number of nitrogens with one attached hydrogen (secondary N) is 1. The largest absolute Gasteiger partial charge is 0.457 e. The van der Waals surface area contributed by atoms with Crippen LogP contribution in [0.5, 0.6) is 0 Å². The third kappa shape index (κ3) is 3.74. The molecule has 0 amide bonds. The topological polar surface area (TPSA) is 113 Å². The van der Waals surface area contributed by atoms with Crippen LogP contribution in [0, 0.1) is 18.3 Å². The second-order valence-electron chi connectivity index (χ2n) is 6.84. The molecule has 8 nitrogen and oxygen atoms in total. The summed E-state index contributed by atoms with van der Waals surface area (Å²) in [5.74, 6) is 0.318. The Morgan fingerprint density at radius 3 is 2.93 bits per heavy atom. The maximum absolute atomic E-state index is 11.6. The van der Waals surface area contributed by atoms with Crippen molar-refractivity contribution in [2.75, 3.05) is 6.54 Å². The summed E-state index contributed by atoms with van der Waals surface area (Å²) in [7, 11) is 0. The van der Waals surface area contributed by atoms with E-state index in [4.69, 9.17) is 10.00 Å². The normalized spacial score (nSPS) is 13.6. The first-order valence-corrected chi connectivity index (χ1v) is 9.15. The van der Waals surface area contributed by atoms with Crippen LogP contribution in [-0.2, 0) is 17.9 Å². The highest BCUT2D eigenvalue weighted by atomic mass is 16.5. The molecule has 146 valence electrons. The zero-order valence-electron chi connectivity index (χ0n) is 15.8. The van der Waals surface area contributed by atoms with Crippen LogP contribution < -0.4 is 5.32 Å². The van der Waals surface area contributed by atoms with E-state index < -0.39 is 6.10 Å². The van der Waals surface area contributed by atoms with Gasteiger partial charge in [0.05, 0.1) is 29.6 Å². The van der Waals surface area contributed by atoms with Gasteiger partial charge in [-0.3, -0.25) is 0 Å². The number of rotatable bonds is 6. The summed E-state index contributed by atoms with van der Waals surface area (Å²) >= 11 is 0. The predicted molar refractivity (Wildman–Crippen MR) is 103 cm³/mol. The molecule has 29 heavy (non-hydrogen) atoms. The first-order chi connectivity index (χ1) is 14.1. The molecule has 8 heteroatoms. The predicted octanol–water partition coefficient (Wildman–Crippen LogP) is 1.94. The number of nitrogens with zero attached hydrogens (tertiary/aromatic N) is 4. The summed E-state index contributed by atoms with van der Waals surface area (Å²) in [4.78, 5) is 16.0. The van der Waals surface area contributed by atoms with E-state index in [-0.39, 0.29) is 12.6 Å². The number of hydrogen-bond donors (Lipinski definition) is 2. The fraction of sp³-hybridized carbons (Fsp3) is 0.238. The molecule has 0 unspecified atom stereocenters. The number of carbonyl (C=O) groups excluding carboxylic acids is 1. The molecular formula is C21H19N5O3. The Morgan fingerprint density at radius 1 is 1.34 bits per heavy atom. The van der Waals surface area contributed by atoms with Gasteiger partial charge in [0.25, 0.3) is 0 Å². The average Bonchev–Trinajstić information content (AvgIpc) is 3.36. The number of aliphatic hydroxyl groups is 1. The van der Waals surface area contributed by atoms with E-state index in [1.807, 2.05) is 25.1 Å². The summed E-state index contributed by atoms with van der Waals surface area (Å²) in [5, 5.41) is 26.7. The molecule has 1 atom stereocenters. The van der Waals surface area contributed by atoms with Gasteiger partial charge in [-0.1, -0.05) is 12.1 Å². The second kappa shape index (κ2) is 7.83. The number of nitriles is 1. The number of aromatic nitrogens is 3. The number of cyclic esters (lactones) is 1. The minimum atomic E-state index is -0.697. The third-order valence-corrected chi connectivity index (χ3v) is 4.99. The number of pyridine rings is 1. The van der Waals surface area contributed by atoms with Gasteiger partial charge in [0, 0.05) is 24.8 Å². The summed E-state index contributed by atoms with van der Waals surface area (Å²) < 4.78 is 6.61. The molecule has 0 radical (unpaired) electrons. The van der Waals surface area contributed by atoms with Crippen molar-refractivity contribution in [2.45, 2.75) is 26.2 Å². The molecule has 0 saturated carbocycles. The van der Waals surface area contributed by atoms with E-state index in [1.165, 1.54) is 6.20 Å². The lowest BCUT2D eigenvalue weighted by molar-refractivity contribution is 0.0535.